The van der Waals surface area contributed by atoms with E-state index in [1.54, 1.807) is 11.3 Å². The Bertz CT molecular complexity index is 1140. The van der Waals surface area contributed by atoms with Gasteiger partial charge in [0.15, 0.2) is 0 Å². The van der Waals surface area contributed by atoms with Gasteiger partial charge in [0.05, 0.1) is 29.2 Å². The van der Waals surface area contributed by atoms with E-state index in [1.165, 1.54) is 30.1 Å². The van der Waals surface area contributed by atoms with E-state index in [4.69, 9.17) is 0 Å². The molecular formula is C23H25F3N6OS. The number of hydrogen-bond acceptors (Lipinski definition) is 7. The summed E-state index contributed by atoms with van der Waals surface area (Å²) < 4.78 is 39.2. The number of benzene rings is 1. The van der Waals surface area contributed by atoms with Gasteiger partial charge in [-0.25, -0.2) is 9.97 Å². The lowest BCUT2D eigenvalue weighted by Gasteiger charge is -2.46. The number of carbonyl (C=O) groups excluding carboxylic acids is 1. The van der Waals surface area contributed by atoms with E-state index in [0.717, 1.165) is 38.1 Å². The van der Waals surface area contributed by atoms with Crippen LogP contribution in [0.25, 0.3) is 10.9 Å². The average molecular weight is 491 g/mol. The van der Waals surface area contributed by atoms with Gasteiger partial charge in [-0.15, -0.1) is 11.3 Å². The van der Waals surface area contributed by atoms with Crippen molar-refractivity contribution in [2.45, 2.75) is 49.9 Å². The van der Waals surface area contributed by atoms with Crippen LogP contribution in [0.1, 0.15) is 42.0 Å². The molecule has 0 unspecified atom stereocenters. The van der Waals surface area contributed by atoms with Crippen molar-refractivity contribution >= 4 is 34.0 Å². The minimum atomic E-state index is -4.46. The molecule has 180 valence electrons. The summed E-state index contributed by atoms with van der Waals surface area (Å²) in [5.41, 5.74) is 1.50. The van der Waals surface area contributed by atoms with Gasteiger partial charge in [-0.3, -0.25) is 14.7 Å². The van der Waals surface area contributed by atoms with Gasteiger partial charge < -0.3 is 10.6 Å². The maximum absolute atomic E-state index is 13.1. The zero-order valence-corrected chi connectivity index (χ0v) is 19.2. The Labute approximate surface area is 198 Å². The summed E-state index contributed by atoms with van der Waals surface area (Å²) in [6.07, 6.45) is 3.45. The first kappa shape index (κ1) is 23.0. The number of rotatable bonds is 6. The number of nitrogens with one attached hydrogen (secondary N) is 2. The third kappa shape index (κ3) is 5.00. The minimum absolute atomic E-state index is 0.0706. The molecular weight excluding hydrogens is 465 g/mol. The number of fused-ring (bicyclic) bond motifs is 1. The fourth-order valence-corrected chi connectivity index (χ4v) is 5.66. The molecule has 3 aromatic rings. The van der Waals surface area contributed by atoms with Gasteiger partial charge in [0.25, 0.3) is 0 Å². The Morgan fingerprint density at radius 1 is 1.15 bits per heavy atom. The Morgan fingerprint density at radius 3 is 2.65 bits per heavy atom. The highest BCUT2D eigenvalue weighted by Gasteiger charge is 2.35. The maximum atomic E-state index is 13.1. The Balaban J connectivity index is 1.09. The van der Waals surface area contributed by atoms with Crippen molar-refractivity contribution in [3.63, 3.8) is 0 Å². The van der Waals surface area contributed by atoms with E-state index in [1.807, 2.05) is 11.7 Å². The molecule has 0 bridgehead atoms. The number of alkyl halides is 3. The molecule has 2 aromatic heterocycles. The highest BCUT2D eigenvalue weighted by Crippen LogP contribution is 2.37. The predicted molar refractivity (Wildman–Crippen MR) is 124 cm³/mol. The summed E-state index contributed by atoms with van der Waals surface area (Å²) in [4.78, 5) is 28.5. The summed E-state index contributed by atoms with van der Waals surface area (Å²) in [6.45, 7) is 1.58. The second-order valence-corrected chi connectivity index (χ2v) is 9.85. The molecule has 1 saturated heterocycles. The number of thiazole rings is 1. The lowest BCUT2D eigenvalue weighted by atomic mass is 9.83. The number of carbonyl (C=O) groups is 1. The fourth-order valence-electron chi connectivity index (χ4n) is 4.87. The molecule has 1 amide bonds. The normalized spacial score (nSPS) is 21.9. The Morgan fingerprint density at radius 2 is 1.94 bits per heavy atom. The molecule has 5 rings (SSSR count). The van der Waals surface area contributed by atoms with Crippen LogP contribution in [0.3, 0.4) is 0 Å². The van der Waals surface area contributed by atoms with Gasteiger partial charge in [-0.2, -0.15) is 13.2 Å². The fraction of sp³-hybridized carbons (Fsp3) is 0.478. The van der Waals surface area contributed by atoms with Crippen LogP contribution in [0, 0.1) is 0 Å². The van der Waals surface area contributed by atoms with Crippen molar-refractivity contribution in [2.24, 2.45) is 0 Å². The van der Waals surface area contributed by atoms with Crippen LogP contribution >= 0.6 is 11.3 Å². The van der Waals surface area contributed by atoms with Crippen LogP contribution in [0.5, 0.6) is 0 Å². The molecule has 2 fully saturated rings. The lowest BCUT2D eigenvalue weighted by molar-refractivity contribution is -0.137. The Hall–Kier alpha value is -2.79. The molecule has 0 atom stereocenters. The topological polar surface area (TPSA) is 83.0 Å². The standard InChI is InChI=1S/C23H25F3N6OS/c24-23(25,26)15-3-6-19-18(7-15)22(30-12-29-19)28-9-21(33)31-16-10-32(11-16)17-4-1-14(2-5-17)20-8-27-13-34-20/h3,6-8,12-14,16-17H,1-2,4-5,9-11H2,(H,31,33)(H,28,29,30). The van der Waals surface area contributed by atoms with Gasteiger partial charge in [0.2, 0.25) is 5.91 Å². The quantitative estimate of drug-likeness (QED) is 0.543. The van der Waals surface area contributed by atoms with E-state index >= 15 is 0 Å². The van der Waals surface area contributed by atoms with Crippen molar-refractivity contribution in [1.29, 1.82) is 0 Å². The molecule has 7 nitrogen and oxygen atoms in total. The highest BCUT2D eigenvalue weighted by atomic mass is 32.1. The molecule has 3 heterocycles. The van der Waals surface area contributed by atoms with Gasteiger partial charge >= 0.3 is 6.18 Å². The van der Waals surface area contributed by atoms with E-state index in [9.17, 15) is 18.0 Å². The highest BCUT2D eigenvalue weighted by molar-refractivity contribution is 7.09. The molecule has 1 aliphatic carbocycles. The minimum Gasteiger partial charge on any atom is -0.360 e. The first-order valence-corrected chi connectivity index (χ1v) is 12.2. The predicted octanol–water partition coefficient (Wildman–Crippen LogP) is 4.04. The second kappa shape index (κ2) is 9.46. The summed E-state index contributed by atoms with van der Waals surface area (Å²) in [6, 6.07) is 3.94. The smallest absolute Gasteiger partial charge is 0.360 e. The van der Waals surface area contributed by atoms with Crippen LogP contribution in [-0.4, -0.2) is 57.5 Å². The first-order valence-electron chi connectivity index (χ1n) is 11.3. The zero-order valence-electron chi connectivity index (χ0n) is 18.4. The summed E-state index contributed by atoms with van der Waals surface area (Å²) >= 11 is 1.74. The summed E-state index contributed by atoms with van der Waals surface area (Å²) in [5, 5.41) is 6.09. The van der Waals surface area contributed by atoms with Crippen LogP contribution in [0.15, 0.2) is 36.2 Å². The number of aromatic nitrogens is 3. The number of likely N-dealkylation sites (tertiary alicyclic amines) is 1. The number of hydrogen-bond donors (Lipinski definition) is 2. The maximum Gasteiger partial charge on any atom is 0.416 e. The van der Waals surface area contributed by atoms with Gasteiger partial charge in [-0.05, 0) is 49.8 Å². The van der Waals surface area contributed by atoms with Crippen molar-refractivity contribution in [1.82, 2.24) is 25.2 Å². The largest absolute Gasteiger partial charge is 0.416 e. The molecule has 2 N–H and O–H groups in total. The Kier molecular flexibility index (Phi) is 6.39. The van der Waals surface area contributed by atoms with Gasteiger partial charge in [0, 0.05) is 35.6 Å². The number of halogens is 3. The summed E-state index contributed by atoms with van der Waals surface area (Å²) in [5.74, 6) is 0.619. The molecule has 1 saturated carbocycles. The number of amides is 1. The first-order chi connectivity index (χ1) is 16.4. The lowest BCUT2D eigenvalue weighted by Crippen LogP contribution is -2.63. The second-order valence-electron chi connectivity index (χ2n) is 8.93. The van der Waals surface area contributed by atoms with Crippen molar-refractivity contribution < 1.29 is 18.0 Å². The SMILES string of the molecule is O=C(CNc1ncnc2ccc(C(F)(F)F)cc12)NC1CN(C2CCC(c3cncs3)CC2)C1. The number of nitrogens with zero attached hydrogens (tertiary/aromatic N) is 4. The molecule has 1 aromatic carbocycles. The van der Waals surface area contributed by atoms with Crippen LogP contribution in [0.4, 0.5) is 19.0 Å². The van der Waals surface area contributed by atoms with E-state index in [-0.39, 0.29) is 29.7 Å². The third-order valence-electron chi connectivity index (χ3n) is 6.72. The monoisotopic (exact) mass is 490 g/mol. The van der Waals surface area contributed by atoms with Gasteiger partial charge in [-0.1, -0.05) is 0 Å². The van der Waals surface area contributed by atoms with E-state index in [0.29, 0.717) is 17.5 Å². The molecule has 2 aliphatic rings. The van der Waals surface area contributed by atoms with Gasteiger partial charge in [0.1, 0.15) is 12.1 Å². The van der Waals surface area contributed by atoms with Crippen molar-refractivity contribution in [3.8, 4) is 0 Å². The molecule has 1 aliphatic heterocycles. The third-order valence-corrected chi connectivity index (χ3v) is 7.66. The van der Waals surface area contributed by atoms with Crippen LogP contribution < -0.4 is 10.6 Å². The molecule has 0 spiro atoms. The van der Waals surface area contributed by atoms with E-state index < -0.39 is 11.7 Å². The zero-order chi connectivity index (χ0) is 23.7. The molecule has 11 heteroatoms. The molecule has 0 radical (unpaired) electrons. The van der Waals surface area contributed by atoms with Crippen LogP contribution in [0.2, 0.25) is 0 Å². The van der Waals surface area contributed by atoms with Crippen LogP contribution in [-0.2, 0) is 11.0 Å². The van der Waals surface area contributed by atoms with Crippen molar-refractivity contribution in [3.05, 3.63) is 46.7 Å². The summed E-state index contributed by atoms with van der Waals surface area (Å²) in [7, 11) is 0. The molecule has 34 heavy (non-hydrogen) atoms. The number of anilines is 1. The van der Waals surface area contributed by atoms with Crippen molar-refractivity contribution in [2.75, 3.05) is 25.0 Å². The van der Waals surface area contributed by atoms with E-state index in [2.05, 4.69) is 30.5 Å². The average Bonchev–Trinajstić information content (AvgIpc) is 3.34.